The highest BCUT2D eigenvalue weighted by molar-refractivity contribution is 5.92. The molecule has 4 rings (SSSR count). The molecule has 2 heteroatoms. The first-order chi connectivity index (χ1) is 14.1. The van der Waals surface area contributed by atoms with Crippen molar-refractivity contribution in [3.8, 4) is 0 Å². The van der Waals surface area contributed by atoms with E-state index in [1.54, 1.807) is 17.2 Å². The highest BCUT2D eigenvalue weighted by atomic mass is 16.3. The number of hydrogen-bond donors (Lipinski definition) is 1. The summed E-state index contributed by atoms with van der Waals surface area (Å²) in [5.74, 6) is 2.85. The number of aliphatic hydroxyl groups is 1. The zero-order valence-corrected chi connectivity index (χ0v) is 20.1. The second kappa shape index (κ2) is 7.76. The summed E-state index contributed by atoms with van der Waals surface area (Å²) in [6.07, 6.45) is 12.6. The molecule has 0 saturated heterocycles. The number of carbonyl (C=O) groups is 1. The van der Waals surface area contributed by atoms with Crippen LogP contribution in [0.1, 0.15) is 92.9 Å². The van der Waals surface area contributed by atoms with E-state index >= 15 is 0 Å². The van der Waals surface area contributed by atoms with Crippen molar-refractivity contribution in [3.05, 3.63) is 34.4 Å². The van der Waals surface area contributed by atoms with Gasteiger partial charge >= 0.3 is 0 Å². The van der Waals surface area contributed by atoms with Crippen molar-refractivity contribution in [1.29, 1.82) is 0 Å². The first-order valence-electron chi connectivity index (χ1n) is 12.4. The van der Waals surface area contributed by atoms with Crippen molar-refractivity contribution in [2.24, 2.45) is 34.5 Å². The summed E-state index contributed by atoms with van der Waals surface area (Å²) < 4.78 is 0. The maximum atomic E-state index is 12.1. The number of carbonyl (C=O) groups excluding carboxylic acids is 1. The molecule has 7 atom stereocenters. The highest BCUT2D eigenvalue weighted by Gasteiger charge is 2.58. The van der Waals surface area contributed by atoms with Gasteiger partial charge in [0.25, 0.3) is 0 Å². The molecule has 2 fully saturated rings. The Balaban J connectivity index is 1.59. The zero-order valence-electron chi connectivity index (χ0n) is 20.1. The molecule has 4 aliphatic carbocycles. The van der Waals surface area contributed by atoms with Crippen LogP contribution in [0.5, 0.6) is 0 Å². The van der Waals surface area contributed by atoms with Crippen molar-refractivity contribution >= 4 is 5.78 Å². The number of aliphatic hydroxyl groups excluding tert-OH is 1. The number of allylic oxidation sites excluding steroid dienone is 4. The standard InChI is InChI=1S/C28H42O2/c1-17(2)18(3)7-8-19(4)22-9-10-23-21-16-26(30)25-15-20(29)11-13-28(25,6)24(21)12-14-27(22,23)5/h15-16,19,22-24,26,30H,7-14H2,1-6H3. The van der Waals surface area contributed by atoms with Crippen LogP contribution in [0.25, 0.3) is 0 Å². The van der Waals surface area contributed by atoms with Crippen molar-refractivity contribution in [3.63, 3.8) is 0 Å². The van der Waals surface area contributed by atoms with Crippen LogP contribution in [0, 0.1) is 34.5 Å². The van der Waals surface area contributed by atoms with E-state index < -0.39 is 6.10 Å². The fraction of sp³-hybridized carbons (Fsp3) is 0.750. The predicted octanol–water partition coefficient (Wildman–Crippen LogP) is 6.80. The quantitative estimate of drug-likeness (QED) is 0.518. The minimum Gasteiger partial charge on any atom is -0.385 e. The molecule has 7 unspecified atom stereocenters. The second-order valence-corrected chi connectivity index (χ2v) is 11.7. The summed E-state index contributed by atoms with van der Waals surface area (Å²) in [4.78, 5) is 12.1. The van der Waals surface area contributed by atoms with E-state index in [2.05, 4.69) is 47.6 Å². The summed E-state index contributed by atoms with van der Waals surface area (Å²) in [5.41, 5.74) is 5.91. The molecule has 0 aliphatic heterocycles. The van der Waals surface area contributed by atoms with Gasteiger partial charge in [-0.1, -0.05) is 43.6 Å². The topological polar surface area (TPSA) is 37.3 Å². The molecule has 0 aromatic heterocycles. The Morgan fingerprint density at radius 1 is 1.13 bits per heavy atom. The van der Waals surface area contributed by atoms with Crippen LogP contribution < -0.4 is 0 Å². The van der Waals surface area contributed by atoms with Crippen LogP contribution >= 0.6 is 0 Å². The van der Waals surface area contributed by atoms with Crippen molar-refractivity contribution < 1.29 is 9.90 Å². The predicted molar refractivity (Wildman–Crippen MR) is 124 cm³/mol. The third-order valence-electron chi connectivity index (χ3n) is 10.0. The van der Waals surface area contributed by atoms with Crippen LogP contribution in [-0.4, -0.2) is 17.0 Å². The van der Waals surface area contributed by atoms with Gasteiger partial charge in [-0.05, 0) is 112 Å². The third-order valence-corrected chi connectivity index (χ3v) is 10.0. The number of fused-ring (bicyclic) bond motifs is 5. The van der Waals surface area contributed by atoms with Gasteiger partial charge in [-0.3, -0.25) is 4.79 Å². The Kier molecular flexibility index (Phi) is 5.71. The number of hydrogen-bond acceptors (Lipinski definition) is 2. The van der Waals surface area contributed by atoms with E-state index in [0.29, 0.717) is 23.7 Å². The van der Waals surface area contributed by atoms with Gasteiger partial charge in [-0.25, -0.2) is 0 Å². The van der Waals surface area contributed by atoms with Gasteiger partial charge in [-0.15, -0.1) is 0 Å². The molecular weight excluding hydrogens is 368 g/mol. The zero-order chi connectivity index (χ0) is 21.8. The summed E-state index contributed by atoms with van der Waals surface area (Å²) in [7, 11) is 0. The van der Waals surface area contributed by atoms with Gasteiger partial charge in [0.1, 0.15) is 0 Å². The average molecular weight is 411 g/mol. The van der Waals surface area contributed by atoms with E-state index in [9.17, 15) is 9.90 Å². The molecule has 2 nitrogen and oxygen atoms in total. The molecule has 0 spiro atoms. The molecule has 166 valence electrons. The minimum atomic E-state index is -0.565. The third kappa shape index (κ3) is 3.38. The minimum absolute atomic E-state index is 0.0248. The molecule has 4 aliphatic rings. The second-order valence-electron chi connectivity index (χ2n) is 11.7. The highest BCUT2D eigenvalue weighted by Crippen LogP contribution is 2.66. The van der Waals surface area contributed by atoms with E-state index in [-0.39, 0.29) is 11.2 Å². The van der Waals surface area contributed by atoms with E-state index in [1.165, 1.54) is 44.1 Å². The first-order valence-corrected chi connectivity index (χ1v) is 12.4. The maximum Gasteiger partial charge on any atom is 0.155 e. The van der Waals surface area contributed by atoms with Crippen LogP contribution in [0.15, 0.2) is 34.4 Å². The molecule has 0 radical (unpaired) electrons. The van der Waals surface area contributed by atoms with Gasteiger partial charge in [0.2, 0.25) is 0 Å². The maximum absolute atomic E-state index is 12.1. The molecule has 0 aromatic carbocycles. The fourth-order valence-electron chi connectivity index (χ4n) is 7.79. The smallest absolute Gasteiger partial charge is 0.155 e. The van der Waals surface area contributed by atoms with Crippen LogP contribution in [0.4, 0.5) is 0 Å². The summed E-state index contributed by atoms with van der Waals surface area (Å²) in [5, 5.41) is 11.0. The first kappa shape index (κ1) is 22.1. The van der Waals surface area contributed by atoms with Gasteiger partial charge in [-0.2, -0.15) is 0 Å². The van der Waals surface area contributed by atoms with Gasteiger partial charge in [0.15, 0.2) is 5.78 Å². The molecule has 1 N–H and O–H groups in total. The molecule has 0 amide bonds. The molecular formula is C28H42O2. The Labute approximate surface area is 183 Å². The average Bonchev–Trinajstić information content (AvgIpc) is 3.04. The largest absolute Gasteiger partial charge is 0.385 e. The Morgan fingerprint density at radius 2 is 1.87 bits per heavy atom. The Bertz CT molecular complexity index is 810. The number of rotatable bonds is 4. The molecule has 2 saturated carbocycles. The Morgan fingerprint density at radius 3 is 2.57 bits per heavy atom. The van der Waals surface area contributed by atoms with Gasteiger partial charge in [0, 0.05) is 6.42 Å². The fourth-order valence-corrected chi connectivity index (χ4v) is 7.79. The van der Waals surface area contributed by atoms with Gasteiger partial charge < -0.3 is 5.11 Å². The summed E-state index contributed by atoms with van der Waals surface area (Å²) in [6, 6.07) is 0. The van der Waals surface area contributed by atoms with E-state index in [4.69, 9.17) is 0 Å². The summed E-state index contributed by atoms with van der Waals surface area (Å²) >= 11 is 0. The van der Waals surface area contributed by atoms with E-state index in [1.807, 2.05) is 0 Å². The van der Waals surface area contributed by atoms with E-state index in [0.717, 1.165) is 23.8 Å². The lowest BCUT2D eigenvalue weighted by Crippen LogP contribution is -2.48. The number of ketones is 1. The lowest BCUT2D eigenvalue weighted by atomic mass is 9.49. The lowest BCUT2D eigenvalue weighted by molar-refractivity contribution is -0.116. The van der Waals surface area contributed by atoms with Crippen molar-refractivity contribution in [2.75, 3.05) is 0 Å². The lowest BCUT2D eigenvalue weighted by Gasteiger charge is -2.55. The van der Waals surface area contributed by atoms with Crippen LogP contribution in [-0.2, 0) is 4.79 Å². The van der Waals surface area contributed by atoms with Crippen LogP contribution in [0.3, 0.4) is 0 Å². The molecule has 0 bridgehead atoms. The Hall–Kier alpha value is -1.15. The SMILES string of the molecule is CC(C)=C(C)CCC(C)C1CCC2C3=CC(O)C4=CC(=O)CCC4(C)C3CCC21C. The summed E-state index contributed by atoms with van der Waals surface area (Å²) in [6.45, 7) is 14.1. The van der Waals surface area contributed by atoms with Crippen molar-refractivity contribution in [1.82, 2.24) is 0 Å². The molecule has 30 heavy (non-hydrogen) atoms. The molecule has 0 heterocycles. The van der Waals surface area contributed by atoms with Crippen LogP contribution in [0.2, 0.25) is 0 Å². The molecule has 0 aromatic rings. The normalized spacial score (nSPS) is 41.2. The van der Waals surface area contributed by atoms with Gasteiger partial charge in [0.05, 0.1) is 6.10 Å². The monoisotopic (exact) mass is 410 g/mol. The van der Waals surface area contributed by atoms with Crippen molar-refractivity contribution in [2.45, 2.75) is 99.0 Å².